The van der Waals surface area contributed by atoms with E-state index in [4.69, 9.17) is 0 Å². The molecular weight excluding hydrogens is 262 g/mol. The second-order valence-corrected chi connectivity index (χ2v) is 11.5. The molecule has 4 heteroatoms. The minimum atomic E-state index is -1.45. The van der Waals surface area contributed by atoms with Gasteiger partial charge in [0.2, 0.25) is 0 Å². The molecule has 0 amide bonds. The number of nitrogens with zero attached hydrogens (tertiary/aromatic N) is 3. The number of aryl methyl sites for hydroxylation is 1. The van der Waals surface area contributed by atoms with Crippen LogP contribution in [0.4, 0.5) is 0 Å². The Labute approximate surface area is 123 Å². The first-order valence-electron chi connectivity index (χ1n) is 7.45. The lowest BCUT2D eigenvalue weighted by atomic mass is 10.2. The monoisotopic (exact) mass is 287 g/mol. The zero-order valence-electron chi connectivity index (χ0n) is 13.3. The first-order valence-corrected chi connectivity index (χ1v) is 11.0. The van der Waals surface area contributed by atoms with Crippen LogP contribution in [0.25, 0.3) is 5.69 Å². The fourth-order valence-corrected chi connectivity index (χ4v) is 3.79. The van der Waals surface area contributed by atoms with Crippen molar-refractivity contribution >= 4 is 13.4 Å². The van der Waals surface area contributed by atoms with E-state index >= 15 is 0 Å². The van der Waals surface area contributed by atoms with Gasteiger partial charge in [-0.2, -0.15) is 0 Å². The number of benzene rings is 1. The predicted molar refractivity (Wildman–Crippen MR) is 87.7 cm³/mol. The van der Waals surface area contributed by atoms with Crippen LogP contribution in [0, 0.1) is 6.92 Å². The third-order valence-corrected chi connectivity index (χ3v) is 5.33. The Hall–Kier alpha value is -1.42. The summed E-state index contributed by atoms with van der Waals surface area (Å²) in [6.07, 6.45) is 3.46. The smallest absolute Gasteiger partial charge is 0.106 e. The van der Waals surface area contributed by atoms with Gasteiger partial charge < -0.3 is 0 Å². The summed E-state index contributed by atoms with van der Waals surface area (Å²) in [5.74, 6) is 0. The number of aromatic nitrogens is 3. The molecule has 1 aromatic heterocycles. The maximum atomic E-state index is 4.51. The highest BCUT2D eigenvalue weighted by molar-refractivity contribution is 6.88. The molecule has 108 valence electrons. The number of unbranched alkanes of at least 4 members (excludes halogenated alkanes) is 1. The molecule has 0 aliphatic carbocycles. The highest BCUT2D eigenvalue weighted by atomic mass is 28.3. The molecule has 2 rings (SSSR count). The van der Waals surface area contributed by atoms with Gasteiger partial charge in [0.15, 0.2) is 0 Å². The maximum absolute atomic E-state index is 4.51. The van der Waals surface area contributed by atoms with Gasteiger partial charge in [0.1, 0.15) is 8.07 Å². The van der Waals surface area contributed by atoms with Crippen molar-refractivity contribution in [3.63, 3.8) is 0 Å². The SMILES string of the molecule is CCCCc1c([Si](C)(C)C)nnn1-c1ccc(C)cc1. The first kappa shape index (κ1) is 15.0. The number of hydrogen-bond donors (Lipinski definition) is 0. The van der Waals surface area contributed by atoms with Gasteiger partial charge >= 0.3 is 0 Å². The van der Waals surface area contributed by atoms with Crippen LogP contribution in [0.1, 0.15) is 31.0 Å². The summed E-state index contributed by atoms with van der Waals surface area (Å²) >= 11 is 0. The van der Waals surface area contributed by atoms with E-state index in [0.29, 0.717) is 0 Å². The Morgan fingerprint density at radius 3 is 2.30 bits per heavy atom. The van der Waals surface area contributed by atoms with Crippen LogP contribution >= 0.6 is 0 Å². The minimum Gasteiger partial charge on any atom is -0.218 e. The molecule has 0 saturated carbocycles. The topological polar surface area (TPSA) is 30.7 Å². The fraction of sp³-hybridized carbons (Fsp3) is 0.500. The third kappa shape index (κ3) is 3.18. The molecule has 2 aromatic rings. The van der Waals surface area contributed by atoms with Gasteiger partial charge in [0.25, 0.3) is 0 Å². The van der Waals surface area contributed by atoms with Crippen molar-refractivity contribution in [2.75, 3.05) is 0 Å². The molecule has 3 nitrogen and oxygen atoms in total. The van der Waals surface area contributed by atoms with Crippen molar-refractivity contribution < 1.29 is 0 Å². The van der Waals surface area contributed by atoms with Crippen LogP contribution in [-0.2, 0) is 6.42 Å². The highest BCUT2D eigenvalue weighted by Crippen LogP contribution is 2.14. The van der Waals surface area contributed by atoms with Crippen molar-refractivity contribution in [2.45, 2.75) is 52.8 Å². The predicted octanol–water partition coefficient (Wildman–Crippen LogP) is 3.46. The minimum absolute atomic E-state index is 1.07. The Morgan fingerprint density at radius 2 is 1.75 bits per heavy atom. The Balaban J connectivity index is 2.47. The summed E-state index contributed by atoms with van der Waals surface area (Å²) in [7, 11) is -1.45. The lowest BCUT2D eigenvalue weighted by Gasteiger charge is -2.15. The van der Waals surface area contributed by atoms with E-state index in [1.165, 1.54) is 29.4 Å². The molecule has 0 radical (unpaired) electrons. The summed E-state index contributed by atoms with van der Waals surface area (Å²) in [4.78, 5) is 0. The summed E-state index contributed by atoms with van der Waals surface area (Å²) < 4.78 is 2.04. The summed E-state index contributed by atoms with van der Waals surface area (Å²) in [6, 6.07) is 8.53. The van der Waals surface area contributed by atoms with Crippen molar-refractivity contribution in [1.29, 1.82) is 0 Å². The maximum Gasteiger partial charge on any atom is 0.106 e. The van der Waals surface area contributed by atoms with E-state index in [9.17, 15) is 0 Å². The van der Waals surface area contributed by atoms with E-state index in [1.807, 2.05) is 4.68 Å². The third-order valence-electron chi connectivity index (χ3n) is 3.52. The molecule has 0 fully saturated rings. The number of hydrogen-bond acceptors (Lipinski definition) is 2. The lowest BCUT2D eigenvalue weighted by molar-refractivity contribution is 0.715. The molecule has 0 N–H and O–H groups in total. The van der Waals surface area contributed by atoms with E-state index in [0.717, 1.165) is 12.1 Å². The molecular formula is C16H25N3Si. The quantitative estimate of drug-likeness (QED) is 0.788. The molecule has 0 bridgehead atoms. The van der Waals surface area contributed by atoms with E-state index in [2.05, 4.69) is 68.1 Å². The molecule has 0 saturated heterocycles. The van der Waals surface area contributed by atoms with Gasteiger partial charge in [-0.15, -0.1) is 5.10 Å². The summed E-state index contributed by atoms with van der Waals surface area (Å²) in [5.41, 5.74) is 3.71. The Morgan fingerprint density at radius 1 is 1.10 bits per heavy atom. The molecule has 1 aromatic carbocycles. The molecule has 0 spiro atoms. The van der Waals surface area contributed by atoms with Crippen LogP contribution in [-0.4, -0.2) is 23.1 Å². The average molecular weight is 287 g/mol. The van der Waals surface area contributed by atoms with Crippen LogP contribution in [0.5, 0.6) is 0 Å². The molecule has 0 aliphatic heterocycles. The fourth-order valence-electron chi connectivity index (χ4n) is 2.35. The van der Waals surface area contributed by atoms with Gasteiger partial charge in [-0.1, -0.05) is 55.9 Å². The van der Waals surface area contributed by atoms with Crippen molar-refractivity contribution in [3.8, 4) is 5.69 Å². The normalized spacial score (nSPS) is 11.8. The molecule has 1 heterocycles. The van der Waals surface area contributed by atoms with Crippen molar-refractivity contribution in [1.82, 2.24) is 15.0 Å². The van der Waals surface area contributed by atoms with Gasteiger partial charge in [-0.3, -0.25) is 0 Å². The average Bonchev–Trinajstić information content (AvgIpc) is 2.81. The van der Waals surface area contributed by atoms with Crippen LogP contribution < -0.4 is 5.32 Å². The zero-order chi connectivity index (χ0) is 14.8. The van der Waals surface area contributed by atoms with Crippen molar-refractivity contribution in [3.05, 3.63) is 35.5 Å². The Bertz CT molecular complexity index is 564. The summed E-state index contributed by atoms with van der Waals surface area (Å²) in [5, 5.41) is 10.2. The number of rotatable bonds is 5. The van der Waals surface area contributed by atoms with E-state index in [1.54, 1.807) is 0 Å². The lowest BCUT2D eigenvalue weighted by Crippen LogP contribution is -2.41. The standard InChI is InChI=1S/C16H25N3Si/c1-6-7-8-15-16(20(3,4)5)17-18-19(15)14-11-9-13(2)10-12-14/h9-12H,6-8H2,1-5H3. The summed E-state index contributed by atoms with van der Waals surface area (Å²) in [6.45, 7) is 11.4. The second kappa shape index (κ2) is 5.91. The largest absolute Gasteiger partial charge is 0.218 e. The Kier molecular flexibility index (Phi) is 4.43. The van der Waals surface area contributed by atoms with Crippen LogP contribution in [0.3, 0.4) is 0 Å². The van der Waals surface area contributed by atoms with Crippen LogP contribution in [0.15, 0.2) is 24.3 Å². The molecule has 0 unspecified atom stereocenters. The highest BCUT2D eigenvalue weighted by Gasteiger charge is 2.26. The first-order chi connectivity index (χ1) is 9.43. The van der Waals surface area contributed by atoms with E-state index < -0.39 is 8.07 Å². The van der Waals surface area contributed by atoms with Gasteiger partial charge in [0.05, 0.1) is 16.7 Å². The van der Waals surface area contributed by atoms with Gasteiger partial charge in [0, 0.05) is 0 Å². The molecule has 20 heavy (non-hydrogen) atoms. The van der Waals surface area contributed by atoms with Gasteiger partial charge in [-0.25, -0.2) is 4.68 Å². The zero-order valence-corrected chi connectivity index (χ0v) is 14.3. The molecule has 0 atom stereocenters. The molecule has 0 aliphatic rings. The van der Waals surface area contributed by atoms with Crippen molar-refractivity contribution in [2.24, 2.45) is 0 Å². The second-order valence-electron chi connectivity index (χ2n) is 6.49. The van der Waals surface area contributed by atoms with Crippen LogP contribution in [0.2, 0.25) is 19.6 Å². The van der Waals surface area contributed by atoms with E-state index in [-0.39, 0.29) is 0 Å². The van der Waals surface area contributed by atoms with Gasteiger partial charge in [-0.05, 0) is 31.9 Å².